The van der Waals surface area contributed by atoms with Gasteiger partial charge in [0.05, 0.1) is 25.5 Å². The van der Waals surface area contributed by atoms with Gasteiger partial charge in [0, 0.05) is 23.6 Å². The van der Waals surface area contributed by atoms with E-state index in [4.69, 9.17) is 14.0 Å². The second kappa shape index (κ2) is 6.15. The summed E-state index contributed by atoms with van der Waals surface area (Å²) in [5, 5.41) is 7.47. The lowest BCUT2D eigenvalue weighted by Crippen LogP contribution is -2.33. The van der Waals surface area contributed by atoms with E-state index in [1.807, 2.05) is 25.1 Å². The lowest BCUT2D eigenvalue weighted by molar-refractivity contribution is -0.118. The Morgan fingerprint density at radius 3 is 2.63 bits per heavy atom. The standard InChI is InChI=1S/C21H24N2O4/c1-11-17-18(12-6-7-15(25-4)16(8-12)26-5)19-13(22-20(17)27-23-11)9-21(2,3)10-14(19)24/h6-8,18,22H,9-10H2,1-5H3/t18-/m0/s1. The molecule has 0 saturated heterocycles. The largest absolute Gasteiger partial charge is 0.493 e. The first-order valence-corrected chi connectivity index (χ1v) is 9.06. The number of aryl methyl sites for hydroxylation is 1. The normalized spacial score (nSPS) is 20.6. The van der Waals surface area contributed by atoms with E-state index in [9.17, 15) is 4.79 Å². The quantitative estimate of drug-likeness (QED) is 0.875. The number of hydrogen-bond acceptors (Lipinski definition) is 6. The lowest BCUT2D eigenvalue weighted by Gasteiger charge is -2.37. The number of ether oxygens (including phenoxy) is 2. The van der Waals surface area contributed by atoms with Crippen molar-refractivity contribution in [2.75, 3.05) is 19.5 Å². The average molecular weight is 368 g/mol. The molecule has 1 aliphatic carbocycles. The van der Waals surface area contributed by atoms with Gasteiger partial charge >= 0.3 is 0 Å². The van der Waals surface area contributed by atoms with Crippen molar-refractivity contribution in [2.24, 2.45) is 5.41 Å². The van der Waals surface area contributed by atoms with Crippen molar-refractivity contribution >= 4 is 11.7 Å². The zero-order valence-corrected chi connectivity index (χ0v) is 16.3. The molecule has 0 radical (unpaired) electrons. The summed E-state index contributed by atoms with van der Waals surface area (Å²) in [5.74, 6) is 1.85. The van der Waals surface area contributed by atoms with Crippen molar-refractivity contribution in [2.45, 2.75) is 39.5 Å². The lowest BCUT2D eigenvalue weighted by atomic mass is 9.69. The molecule has 1 aliphatic heterocycles. The van der Waals surface area contributed by atoms with Crippen LogP contribution in [0.5, 0.6) is 11.5 Å². The molecule has 0 fully saturated rings. The number of aromatic nitrogens is 1. The highest BCUT2D eigenvalue weighted by molar-refractivity contribution is 6.01. The van der Waals surface area contributed by atoms with Crippen LogP contribution in [0.4, 0.5) is 5.88 Å². The number of nitrogens with one attached hydrogen (secondary N) is 1. The molecule has 4 rings (SSSR count). The predicted molar refractivity (Wildman–Crippen MR) is 101 cm³/mol. The summed E-state index contributed by atoms with van der Waals surface area (Å²) in [6, 6.07) is 5.78. The van der Waals surface area contributed by atoms with E-state index in [-0.39, 0.29) is 17.1 Å². The van der Waals surface area contributed by atoms with E-state index in [0.717, 1.165) is 34.5 Å². The molecule has 2 heterocycles. The molecule has 1 aromatic heterocycles. The smallest absolute Gasteiger partial charge is 0.233 e. The van der Waals surface area contributed by atoms with Gasteiger partial charge in [-0.25, -0.2) is 0 Å². The van der Waals surface area contributed by atoms with Crippen LogP contribution in [0.25, 0.3) is 0 Å². The summed E-state index contributed by atoms with van der Waals surface area (Å²) in [6.07, 6.45) is 1.31. The number of Topliss-reactive ketones (excluding diaryl/α,β-unsaturated/α-hetero) is 1. The predicted octanol–water partition coefficient (Wildman–Crippen LogP) is 4.20. The molecule has 0 amide bonds. The fourth-order valence-electron chi connectivity index (χ4n) is 4.24. The monoisotopic (exact) mass is 368 g/mol. The first kappa shape index (κ1) is 17.6. The Balaban J connectivity index is 1.92. The van der Waals surface area contributed by atoms with Crippen LogP contribution >= 0.6 is 0 Å². The molecule has 6 nitrogen and oxygen atoms in total. The van der Waals surface area contributed by atoms with Gasteiger partial charge in [0.1, 0.15) is 0 Å². The summed E-state index contributed by atoms with van der Waals surface area (Å²) in [4.78, 5) is 13.1. The highest BCUT2D eigenvalue weighted by Gasteiger charge is 2.43. The maximum absolute atomic E-state index is 13.1. The highest BCUT2D eigenvalue weighted by Crippen LogP contribution is 2.50. The van der Waals surface area contributed by atoms with Crippen LogP contribution in [0, 0.1) is 12.3 Å². The minimum atomic E-state index is -0.231. The number of carbonyl (C=O) groups is 1. The number of carbonyl (C=O) groups excluding carboxylic acids is 1. The van der Waals surface area contributed by atoms with E-state index in [1.54, 1.807) is 14.2 Å². The molecule has 1 aromatic carbocycles. The number of methoxy groups -OCH3 is 2. The van der Waals surface area contributed by atoms with Gasteiger partial charge in [-0.05, 0) is 36.5 Å². The van der Waals surface area contributed by atoms with E-state index in [2.05, 4.69) is 24.3 Å². The zero-order valence-electron chi connectivity index (χ0n) is 16.3. The van der Waals surface area contributed by atoms with Gasteiger partial charge in [-0.15, -0.1) is 0 Å². The van der Waals surface area contributed by atoms with E-state index >= 15 is 0 Å². The molecule has 2 aromatic rings. The number of benzene rings is 1. The Morgan fingerprint density at radius 2 is 1.93 bits per heavy atom. The third-order valence-electron chi connectivity index (χ3n) is 5.41. The number of allylic oxidation sites excluding steroid dienone is 2. The fourth-order valence-corrected chi connectivity index (χ4v) is 4.24. The molecule has 0 saturated carbocycles. The van der Waals surface area contributed by atoms with Crippen LogP contribution in [-0.4, -0.2) is 25.2 Å². The minimum Gasteiger partial charge on any atom is -0.493 e. The first-order valence-electron chi connectivity index (χ1n) is 9.06. The van der Waals surface area contributed by atoms with Gasteiger partial charge in [-0.2, -0.15) is 0 Å². The first-order chi connectivity index (χ1) is 12.8. The Morgan fingerprint density at radius 1 is 1.19 bits per heavy atom. The topological polar surface area (TPSA) is 73.6 Å². The van der Waals surface area contributed by atoms with Crippen LogP contribution in [0.1, 0.15) is 49.4 Å². The molecule has 2 aliphatic rings. The molecule has 142 valence electrons. The maximum atomic E-state index is 13.1. The molecule has 6 heteroatoms. The average Bonchev–Trinajstić information content (AvgIpc) is 2.99. The maximum Gasteiger partial charge on any atom is 0.233 e. The molecular weight excluding hydrogens is 344 g/mol. The fraction of sp³-hybridized carbons (Fsp3) is 0.429. The van der Waals surface area contributed by atoms with Gasteiger partial charge < -0.3 is 19.3 Å². The van der Waals surface area contributed by atoms with Gasteiger partial charge in [0.15, 0.2) is 17.3 Å². The van der Waals surface area contributed by atoms with Gasteiger partial charge in [-0.3, -0.25) is 4.79 Å². The SMILES string of the molecule is COc1ccc([C@@H]2C3=C(CC(C)(C)CC3=O)Nc3onc(C)c32)cc1OC. The summed E-state index contributed by atoms with van der Waals surface area (Å²) in [5.41, 5.74) is 4.30. The molecule has 1 N–H and O–H groups in total. The third-order valence-corrected chi connectivity index (χ3v) is 5.41. The zero-order chi connectivity index (χ0) is 19.3. The van der Waals surface area contributed by atoms with Crippen LogP contribution in [0.2, 0.25) is 0 Å². The molecule has 0 spiro atoms. The molecule has 1 atom stereocenters. The van der Waals surface area contributed by atoms with Crippen molar-refractivity contribution in [1.82, 2.24) is 5.16 Å². The summed E-state index contributed by atoms with van der Waals surface area (Å²) in [7, 11) is 3.22. The number of rotatable bonds is 3. The van der Waals surface area contributed by atoms with Crippen molar-refractivity contribution in [1.29, 1.82) is 0 Å². The minimum absolute atomic E-state index is 0.0857. The number of nitrogens with zero attached hydrogens (tertiary/aromatic N) is 1. The van der Waals surface area contributed by atoms with Crippen molar-refractivity contribution in [3.63, 3.8) is 0 Å². The van der Waals surface area contributed by atoms with Gasteiger partial charge in [0.2, 0.25) is 5.88 Å². The van der Waals surface area contributed by atoms with Crippen molar-refractivity contribution in [3.8, 4) is 11.5 Å². The number of ketones is 1. The number of fused-ring (bicyclic) bond motifs is 1. The van der Waals surface area contributed by atoms with E-state index < -0.39 is 0 Å². The van der Waals surface area contributed by atoms with Crippen LogP contribution < -0.4 is 14.8 Å². The van der Waals surface area contributed by atoms with Gasteiger partial charge in [0.25, 0.3) is 0 Å². The summed E-state index contributed by atoms with van der Waals surface area (Å²) in [6.45, 7) is 6.13. The van der Waals surface area contributed by atoms with Gasteiger partial charge in [-0.1, -0.05) is 25.1 Å². The Labute approximate surface area is 158 Å². The van der Waals surface area contributed by atoms with E-state index in [1.165, 1.54) is 0 Å². The number of hydrogen-bond donors (Lipinski definition) is 1. The molecule has 0 unspecified atom stereocenters. The van der Waals surface area contributed by atoms with Crippen molar-refractivity contribution < 1.29 is 18.8 Å². The summed E-state index contributed by atoms with van der Waals surface area (Å²) >= 11 is 0. The molecule has 27 heavy (non-hydrogen) atoms. The van der Waals surface area contributed by atoms with Crippen LogP contribution in [0.15, 0.2) is 34.0 Å². The Bertz CT molecular complexity index is 955. The number of anilines is 1. The second-order valence-electron chi connectivity index (χ2n) is 8.02. The van der Waals surface area contributed by atoms with Crippen molar-refractivity contribution in [3.05, 3.63) is 46.3 Å². The second-order valence-corrected chi connectivity index (χ2v) is 8.02. The van der Waals surface area contributed by atoms with Crippen LogP contribution in [-0.2, 0) is 4.79 Å². The third kappa shape index (κ3) is 2.80. The Hall–Kier alpha value is -2.76. The Kier molecular flexibility index (Phi) is 4.02. The van der Waals surface area contributed by atoms with E-state index in [0.29, 0.717) is 23.8 Å². The summed E-state index contributed by atoms with van der Waals surface area (Å²) < 4.78 is 16.4. The molecule has 0 bridgehead atoms. The van der Waals surface area contributed by atoms with Crippen LogP contribution in [0.3, 0.4) is 0 Å². The molecular formula is C21H24N2O4. The highest BCUT2D eigenvalue weighted by atomic mass is 16.5.